The van der Waals surface area contributed by atoms with Crippen LogP contribution in [-0.4, -0.2) is 25.6 Å². The first-order chi connectivity index (χ1) is 8.40. The molecule has 0 radical (unpaired) electrons. The van der Waals surface area contributed by atoms with Crippen LogP contribution >= 0.6 is 0 Å². The molecule has 0 saturated heterocycles. The Labute approximate surface area is 104 Å². The lowest BCUT2D eigenvalue weighted by molar-refractivity contribution is -0.274. The maximum atomic E-state index is 12.0. The number of alkyl halides is 3. The van der Waals surface area contributed by atoms with Crippen molar-refractivity contribution in [3.05, 3.63) is 24.3 Å². The van der Waals surface area contributed by atoms with Gasteiger partial charge in [-0.05, 0) is 26.0 Å². The Morgan fingerprint density at radius 1 is 1.33 bits per heavy atom. The number of rotatable bonds is 6. The number of halogens is 3. The summed E-state index contributed by atoms with van der Waals surface area (Å²) in [6.07, 6.45) is -4.67. The van der Waals surface area contributed by atoms with Crippen LogP contribution in [0.1, 0.15) is 13.8 Å². The number of anilines is 1. The molecule has 18 heavy (non-hydrogen) atoms. The molecule has 0 spiro atoms. The van der Waals surface area contributed by atoms with Gasteiger partial charge in [-0.25, -0.2) is 0 Å². The lowest BCUT2D eigenvalue weighted by Gasteiger charge is -2.16. The predicted molar refractivity (Wildman–Crippen MR) is 62.7 cm³/mol. The SMILES string of the molecule is CCOCC(C)Nc1cccc(OC(F)(F)F)c1. The van der Waals surface area contributed by atoms with Crippen LogP contribution in [0.25, 0.3) is 0 Å². The van der Waals surface area contributed by atoms with Crippen molar-refractivity contribution >= 4 is 5.69 Å². The molecule has 0 aliphatic carbocycles. The fourth-order valence-corrected chi connectivity index (χ4v) is 1.40. The van der Waals surface area contributed by atoms with Gasteiger partial charge in [0.2, 0.25) is 0 Å². The van der Waals surface area contributed by atoms with Gasteiger partial charge in [-0.2, -0.15) is 0 Å². The summed E-state index contributed by atoms with van der Waals surface area (Å²) < 4.78 is 45.2. The van der Waals surface area contributed by atoms with E-state index in [4.69, 9.17) is 4.74 Å². The quantitative estimate of drug-likeness (QED) is 0.853. The van der Waals surface area contributed by atoms with E-state index in [2.05, 4.69) is 10.1 Å². The van der Waals surface area contributed by atoms with Gasteiger partial charge in [-0.1, -0.05) is 6.07 Å². The Bertz CT molecular complexity index is 369. The van der Waals surface area contributed by atoms with E-state index in [1.165, 1.54) is 18.2 Å². The molecule has 0 aliphatic heterocycles. The summed E-state index contributed by atoms with van der Waals surface area (Å²) >= 11 is 0. The van der Waals surface area contributed by atoms with Gasteiger partial charge in [0.15, 0.2) is 0 Å². The van der Waals surface area contributed by atoms with Crippen LogP contribution in [0.15, 0.2) is 24.3 Å². The summed E-state index contributed by atoms with van der Waals surface area (Å²) in [5, 5.41) is 3.03. The van der Waals surface area contributed by atoms with Crippen LogP contribution in [-0.2, 0) is 4.74 Å². The van der Waals surface area contributed by atoms with Crippen LogP contribution in [0.3, 0.4) is 0 Å². The highest BCUT2D eigenvalue weighted by Gasteiger charge is 2.31. The average Bonchev–Trinajstić information content (AvgIpc) is 2.24. The normalized spacial score (nSPS) is 13.2. The molecule has 1 aromatic carbocycles. The second-order valence-electron chi connectivity index (χ2n) is 3.78. The van der Waals surface area contributed by atoms with Gasteiger partial charge in [-0.3, -0.25) is 0 Å². The Hall–Kier alpha value is -1.43. The minimum atomic E-state index is -4.67. The highest BCUT2D eigenvalue weighted by atomic mass is 19.4. The largest absolute Gasteiger partial charge is 0.573 e. The van der Waals surface area contributed by atoms with Gasteiger partial charge in [0, 0.05) is 24.4 Å². The van der Waals surface area contributed by atoms with Crippen molar-refractivity contribution in [2.45, 2.75) is 26.3 Å². The third-order valence-corrected chi connectivity index (χ3v) is 2.05. The maximum Gasteiger partial charge on any atom is 0.573 e. The zero-order chi connectivity index (χ0) is 13.6. The van der Waals surface area contributed by atoms with E-state index in [-0.39, 0.29) is 11.8 Å². The maximum absolute atomic E-state index is 12.0. The third kappa shape index (κ3) is 5.77. The van der Waals surface area contributed by atoms with Crippen LogP contribution in [0.4, 0.5) is 18.9 Å². The van der Waals surface area contributed by atoms with Crippen LogP contribution in [0.2, 0.25) is 0 Å². The van der Waals surface area contributed by atoms with Gasteiger partial charge in [-0.15, -0.1) is 13.2 Å². The zero-order valence-corrected chi connectivity index (χ0v) is 10.3. The highest BCUT2D eigenvalue weighted by Crippen LogP contribution is 2.25. The molecular formula is C12H16F3NO2. The Morgan fingerprint density at radius 2 is 2.06 bits per heavy atom. The topological polar surface area (TPSA) is 30.5 Å². The molecule has 1 rings (SSSR count). The molecule has 3 nitrogen and oxygen atoms in total. The summed E-state index contributed by atoms with van der Waals surface area (Å²) in [6.45, 7) is 4.85. The van der Waals surface area contributed by atoms with E-state index in [0.29, 0.717) is 18.9 Å². The Morgan fingerprint density at radius 3 is 2.67 bits per heavy atom. The molecule has 1 aromatic rings. The third-order valence-electron chi connectivity index (χ3n) is 2.05. The van der Waals surface area contributed by atoms with Crippen molar-refractivity contribution in [1.29, 1.82) is 0 Å². The first-order valence-corrected chi connectivity index (χ1v) is 5.61. The summed E-state index contributed by atoms with van der Waals surface area (Å²) in [4.78, 5) is 0. The van der Waals surface area contributed by atoms with E-state index < -0.39 is 6.36 Å². The van der Waals surface area contributed by atoms with Crippen molar-refractivity contribution in [2.24, 2.45) is 0 Å². The summed E-state index contributed by atoms with van der Waals surface area (Å²) in [5.41, 5.74) is 0.559. The van der Waals surface area contributed by atoms with Crippen LogP contribution in [0, 0.1) is 0 Å². The van der Waals surface area contributed by atoms with E-state index >= 15 is 0 Å². The smallest absolute Gasteiger partial charge is 0.406 e. The van der Waals surface area contributed by atoms with Crippen molar-refractivity contribution in [3.63, 3.8) is 0 Å². The van der Waals surface area contributed by atoms with Gasteiger partial charge < -0.3 is 14.8 Å². The summed E-state index contributed by atoms with van der Waals surface area (Å²) in [7, 11) is 0. The number of ether oxygens (including phenoxy) is 2. The van der Waals surface area contributed by atoms with E-state index in [1.807, 2.05) is 13.8 Å². The molecule has 0 aliphatic rings. The van der Waals surface area contributed by atoms with Gasteiger partial charge in [0.1, 0.15) is 5.75 Å². The molecular weight excluding hydrogens is 247 g/mol. The molecule has 0 heterocycles. The van der Waals surface area contributed by atoms with Crippen molar-refractivity contribution < 1.29 is 22.6 Å². The fraction of sp³-hybridized carbons (Fsp3) is 0.500. The Kier molecular flexibility index (Phi) is 5.27. The zero-order valence-electron chi connectivity index (χ0n) is 10.3. The van der Waals surface area contributed by atoms with Crippen LogP contribution in [0.5, 0.6) is 5.75 Å². The second kappa shape index (κ2) is 6.49. The van der Waals surface area contributed by atoms with E-state index in [9.17, 15) is 13.2 Å². The van der Waals surface area contributed by atoms with E-state index in [0.717, 1.165) is 0 Å². The molecule has 0 aromatic heterocycles. The first-order valence-electron chi connectivity index (χ1n) is 5.61. The lowest BCUT2D eigenvalue weighted by atomic mass is 10.2. The molecule has 0 saturated carbocycles. The van der Waals surface area contributed by atoms with E-state index in [1.54, 1.807) is 6.07 Å². The molecule has 1 atom stereocenters. The molecule has 0 amide bonds. The Balaban J connectivity index is 2.59. The second-order valence-corrected chi connectivity index (χ2v) is 3.78. The lowest BCUT2D eigenvalue weighted by Crippen LogP contribution is -2.22. The minimum absolute atomic E-state index is 0.00564. The summed E-state index contributed by atoms with van der Waals surface area (Å²) in [5.74, 6) is -0.240. The van der Waals surface area contributed by atoms with Crippen molar-refractivity contribution in [2.75, 3.05) is 18.5 Å². The molecule has 1 unspecified atom stereocenters. The molecule has 1 N–H and O–H groups in total. The average molecular weight is 263 g/mol. The number of hydrogen-bond acceptors (Lipinski definition) is 3. The molecule has 102 valence electrons. The van der Waals surface area contributed by atoms with Gasteiger partial charge in [0.25, 0.3) is 0 Å². The molecule has 6 heteroatoms. The number of hydrogen-bond donors (Lipinski definition) is 1. The minimum Gasteiger partial charge on any atom is -0.406 e. The predicted octanol–water partition coefficient (Wildman–Crippen LogP) is 3.42. The highest BCUT2D eigenvalue weighted by molar-refractivity contribution is 5.48. The molecule has 0 fully saturated rings. The van der Waals surface area contributed by atoms with Gasteiger partial charge in [0.05, 0.1) is 6.61 Å². The summed E-state index contributed by atoms with van der Waals surface area (Å²) in [6, 6.07) is 5.73. The number of benzene rings is 1. The monoisotopic (exact) mass is 263 g/mol. The van der Waals surface area contributed by atoms with Crippen LogP contribution < -0.4 is 10.1 Å². The standard InChI is InChI=1S/C12H16F3NO2/c1-3-17-8-9(2)16-10-5-4-6-11(7-10)18-12(13,14)15/h4-7,9,16H,3,8H2,1-2H3. The fourth-order valence-electron chi connectivity index (χ4n) is 1.40. The van der Waals surface area contributed by atoms with Crippen molar-refractivity contribution in [3.8, 4) is 5.75 Å². The molecule has 0 bridgehead atoms. The first kappa shape index (κ1) is 14.6. The van der Waals surface area contributed by atoms with Gasteiger partial charge >= 0.3 is 6.36 Å². The number of nitrogens with one attached hydrogen (secondary N) is 1. The van der Waals surface area contributed by atoms with Crippen molar-refractivity contribution in [1.82, 2.24) is 0 Å².